The van der Waals surface area contributed by atoms with E-state index in [4.69, 9.17) is 14.2 Å². The van der Waals surface area contributed by atoms with Crippen molar-refractivity contribution in [2.24, 2.45) is 11.8 Å². The van der Waals surface area contributed by atoms with E-state index in [1.807, 2.05) is 24.3 Å². The lowest BCUT2D eigenvalue weighted by molar-refractivity contribution is -0.152. The van der Waals surface area contributed by atoms with Crippen molar-refractivity contribution in [2.75, 3.05) is 31.8 Å². The molecule has 1 saturated carbocycles. The smallest absolute Gasteiger partial charge is 0.305 e. The molecule has 0 spiro atoms. The van der Waals surface area contributed by atoms with Crippen LogP contribution in [0.1, 0.15) is 88.7 Å². The number of ether oxygens (including phenoxy) is 3. The molecule has 9 heteroatoms. The van der Waals surface area contributed by atoms with Crippen molar-refractivity contribution < 1.29 is 38.8 Å². The molecule has 1 aromatic carbocycles. The lowest BCUT2D eigenvalue weighted by atomic mass is 9.91. The van der Waals surface area contributed by atoms with Crippen LogP contribution in [-0.4, -0.2) is 72.0 Å². The molecule has 1 fully saturated rings. The van der Waals surface area contributed by atoms with Crippen LogP contribution in [0.4, 0.5) is 0 Å². The Morgan fingerprint density at radius 3 is 2.40 bits per heavy atom. The van der Waals surface area contributed by atoms with Gasteiger partial charge in [0.1, 0.15) is 19.0 Å². The van der Waals surface area contributed by atoms with Crippen LogP contribution in [0.2, 0.25) is 0 Å². The fourth-order valence-corrected chi connectivity index (χ4v) is 6.28. The Labute approximate surface area is 261 Å². The van der Waals surface area contributed by atoms with Crippen LogP contribution in [0.5, 0.6) is 0 Å². The highest BCUT2D eigenvalue weighted by Gasteiger charge is 2.39. The van der Waals surface area contributed by atoms with E-state index in [0.29, 0.717) is 32.3 Å². The summed E-state index contributed by atoms with van der Waals surface area (Å²) < 4.78 is 15.5. The number of thioether (sulfide) groups is 1. The highest BCUT2D eigenvalue weighted by Crippen LogP contribution is 2.34. The number of ketones is 1. The minimum absolute atomic E-state index is 0.0563. The molecule has 0 unspecified atom stereocenters. The number of benzene rings is 1. The van der Waals surface area contributed by atoms with Gasteiger partial charge in [0.05, 0.1) is 18.8 Å². The predicted octanol–water partition coefficient (Wildman–Crippen LogP) is 5.60. The molecule has 0 amide bonds. The number of carbonyl (C=O) groups is 3. The number of Topliss-reactive ketones (excluding diaryl/α,β-unsaturated/α-hetero) is 1. The number of esters is 2. The van der Waals surface area contributed by atoms with E-state index in [2.05, 4.69) is 6.92 Å². The van der Waals surface area contributed by atoms with E-state index in [9.17, 15) is 24.6 Å². The third-order valence-corrected chi connectivity index (χ3v) is 8.72. The number of methoxy groups -OCH3 is 1. The Bertz CT molecular complexity index is 981. The van der Waals surface area contributed by atoms with Gasteiger partial charge in [-0.15, -0.1) is 0 Å². The fraction of sp³-hybridized carbons (Fsp3) is 0.676. The Balaban J connectivity index is 1.57. The zero-order valence-corrected chi connectivity index (χ0v) is 26.9. The molecule has 4 atom stereocenters. The third-order valence-electron chi connectivity index (χ3n) is 7.62. The second-order valence-electron chi connectivity index (χ2n) is 11.3. The Kier molecular flexibility index (Phi) is 19.2. The van der Waals surface area contributed by atoms with Crippen molar-refractivity contribution in [1.29, 1.82) is 0 Å². The molecule has 0 heterocycles. The Morgan fingerprint density at radius 1 is 1.00 bits per heavy atom. The topological polar surface area (TPSA) is 119 Å². The lowest BCUT2D eigenvalue weighted by Gasteiger charge is -2.18. The molecule has 1 aliphatic carbocycles. The summed E-state index contributed by atoms with van der Waals surface area (Å²) in [6.07, 6.45) is 11.3. The van der Waals surface area contributed by atoms with Gasteiger partial charge in [0.25, 0.3) is 0 Å². The van der Waals surface area contributed by atoms with Crippen LogP contribution in [-0.2, 0) is 41.6 Å². The number of aliphatic hydroxyl groups excluding tert-OH is 2. The molecule has 43 heavy (non-hydrogen) atoms. The van der Waals surface area contributed by atoms with Gasteiger partial charge in [-0.25, -0.2) is 0 Å². The van der Waals surface area contributed by atoms with Crippen LogP contribution >= 0.6 is 11.8 Å². The largest absolute Gasteiger partial charge is 0.462 e. The van der Waals surface area contributed by atoms with Gasteiger partial charge in [-0.05, 0) is 41.9 Å². The molecule has 1 aliphatic rings. The number of hydrogen-bond donors (Lipinski definition) is 2. The zero-order valence-electron chi connectivity index (χ0n) is 26.0. The first-order valence-corrected chi connectivity index (χ1v) is 17.0. The molecular formula is C34H52O8S. The van der Waals surface area contributed by atoms with Crippen LogP contribution < -0.4 is 0 Å². The monoisotopic (exact) mass is 620 g/mol. The molecule has 242 valence electrons. The van der Waals surface area contributed by atoms with Gasteiger partial charge in [-0.2, -0.15) is 11.8 Å². The molecule has 0 aliphatic heterocycles. The van der Waals surface area contributed by atoms with Gasteiger partial charge < -0.3 is 24.4 Å². The van der Waals surface area contributed by atoms with E-state index in [-0.39, 0.29) is 55.6 Å². The van der Waals surface area contributed by atoms with Crippen molar-refractivity contribution >= 4 is 29.5 Å². The predicted molar refractivity (Wildman–Crippen MR) is 170 cm³/mol. The van der Waals surface area contributed by atoms with E-state index in [0.717, 1.165) is 41.9 Å². The van der Waals surface area contributed by atoms with Crippen molar-refractivity contribution in [1.82, 2.24) is 0 Å². The van der Waals surface area contributed by atoms with Gasteiger partial charge in [-0.3, -0.25) is 14.4 Å². The summed E-state index contributed by atoms with van der Waals surface area (Å²) >= 11 is 1.67. The van der Waals surface area contributed by atoms with Crippen molar-refractivity contribution in [3.8, 4) is 0 Å². The summed E-state index contributed by atoms with van der Waals surface area (Å²) in [6.45, 7) is 2.85. The lowest BCUT2D eigenvalue weighted by Crippen LogP contribution is -2.20. The van der Waals surface area contributed by atoms with Gasteiger partial charge in [0, 0.05) is 44.6 Å². The van der Waals surface area contributed by atoms with Gasteiger partial charge in [0.15, 0.2) is 0 Å². The molecule has 2 N–H and O–H groups in total. The molecule has 0 aromatic heterocycles. The molecule has 0 radical (unpaired) electrons. The third kappa shape index (κ3) is 15.9. The van der Waals surface area contributed by atoms with E-state index >= 15 is 0 Å². The van der Waals surface area contributed by atoms with Gasteiger partial charge >= 0.3 is 11.9 Å². The SMILES string of the molecule is CCCCCCCCC(=O)OCCOC(=O)CCCSCC[C@H]1C(=O)C[C@@H](O)[C@@H]1/C=C/[C@@H](O)Cc1cccc(COC)c1. The molecule has 0 saturated heterocycles. The Morgan fingerprint density at radius 2 is 1.67 bits per heavy atom. The average Bonchev–Trinajstić information content (AvgIpc) is 3.25. The number of unbranched alkanes of at least 4 members (excludes halogenated alkanes) is 5. The van der Waals surface area contributed by atoms with Crippen LogP contribution in [0.3, 0.4) is 0 Å². The minimum atomic E-state index is -0.736. The summed E-state index contributed by atoms with van der Waals surface area (Å²) in [5, 5.41) is 21.0. The quantitative estimate of drug-likeness (QED) is 0.0915. The summed E-state index contributed by atoms with van der Waals surface area (Å²) in [5.74, 6) is 0.423. The van der Waals surface area contributed by atoms with Crippen LogP contribution in [0.15, 0.2) is 36.4 Å². The highest BCUT2D eigenvalue weighted by molar-refractivity contribution is 7.99. The van der Waals surface area contributed by atoms with E-state index < -0.39 is 12.2 Å². The van der Waals surface area contributed by atoms with Crippen LogP contribution in [0.25, 0.3) is 0 Å². The van der Waals surface area contributed by atoms with Crippen molar-refractivity contribution in [2.45, 2.75) is 103 Å². The summed E-state index contributed by atoms with van der Waals surface area (Å²) in [4.78, 5) is 36.2. The molecular weight excluding hydrogens is 568 g/mol. The maximum Gasteiger partial charge on any atom is 0.305 e. The fourth-order valence-electron chi connectivity index (χ4n) is 5.31. The first-order valence-electron chi connectivity index (χ1n) is 15.9. The first kappa shape index (κ1) is 37.0. The molecule has 2 rings (SSSR count). The summed E-state index contributed by atoms with van der Waals surface area (Å²) in [7, 11) is 1.65. The number of rotatable bonds is 23. The Hall–Kier alpha value is -2.20. The van der Waals surface area contributed by atoms with Gasteiger partial charge in [-0.1, -0.05) is 75.4 Å². The number of carbonyl (C=O) groups excluding carboxylic acids is 3. The zero-order chi connectivity index (χ0) is 31.3. The highest BCUT2D eigenvalue weighted by atomic mass is 32.2. The average molecular weight is 621 g/mol. The maximum atomic E-state index is 12.5. The molecule has 1 aromatic rings. The number of aliphatic hydroxyl groups is 2. The minimum Gasteiger partial charge on any atom is -0.462 e. The maximum absolute atomic E-state index is 12.5. The second-order valence-corrected chi connectivity index (χ2v) is 12.5. The summed E-state index contributed by atoms with van der Waals surface area (Å²) in [5.41, 5.74) is 2.04. The second kappa shape index (κ2) is 22.3. The van der Waals surface area contributed by atoms with Crippen LogP contribution in [0, 0.1) is 11.8 Å². The molecule has 8 nitrogen and oxygen atoms in total. The normalized spacial score (nSPS) is 19.2. The van der Waals surface area contributed by atoms with Gasteiger partial charge in [0.2, 0.25) is 0 Å². The number of hydrogen-bond acceptors (Lipinski definition) is 9. The van der Waals surface area contributed by atoms with E-state index in [1.54, 1.807) is 31.0 Å². The van der Waals surface area contributed by atoms with Crippen molar-refractivity contribution in [3.63, 3.8) is 0 Å². The molecule has 0 bridgehead atoms. The summed E-state index contributed by atoms with van der Waals surface area (Å²) in [6, 6.07) is 7.87. The van der Waals surface area contributed by atoms with Crippen molar-refractivity contribution in [3.05, 3.63) is 47.5 Å². The van der Waals surface area contributed by atoms with E-state index in [1.165, 1.54) is 19.3 Å². The standard InChI is InChI=1S/C34H52O8S/c1-3-4-5-6-7-8-13-33(38)41-18-19-42-34(39)14-10-20-43-21-17-30-29(31(36)24-32(30)37)16-15-28(35)23-26-11-9-12-27(22-26)25-40-2/h9,11-12,15-16,22,28-31,35-36H,3-8,10,13-14,17-21,23-25H2,1-2H3/b16-15+/t28-,29-,30-,31-/m1/s1. The first-order chi connectivity index (χ1) is 20.8.